The molecule has 0 aliphatic carbocycles. The smallest absolute Gasteiger partial charge is 0.325 e. The van der Waals surface area contributed by atoms with Crippen LogP contribution >= 0.6 is 23.4 Å². The summed E-state index contributed by atoms with van der Waals surface area (Å²) in [7, 11) is 1.44. The highest BCUT2D eigenvalue weighted by atomic mass is 35.5. The molecule has 0 saturated heterocycles. The molecule has 3 aromatic rings. The van der Waals surface area contributed by atoms with Gasteiger partial charge in [0, 0.05) is 29.0 Å². The minimum absolute atomic E-state index is 0.121. The van der Waals surface area contributed by atoms with Crippen molar-refractivity contribution >= 4 is 40.9 Å². The average Bonchev–Trinajstić information content (AvgIpc) is 2.88. The number of H-pyrrole nitrogens is 1. The molecule has 0 radical (unpaired) electrons. The van der Waals surface area contributed by atoms with E-state index < -0.39 is 12.1 Å². The number of fused-ring (bicyclic) bond motifs is 3. The number of methoxy groups -OCH3 is 1. The van der Waals surface area contributed by atoms with Gasteiger partial charge in [-0.2, -0.15) is 0 Å². The molecule has 11 heteroatoms. The van der Waals surface area contributed by atoms with Crippen LogP contribution in [0.5, 0.6) is 11.5 Å². The third-order valence-electron chi connectivity index (χ3n) is 5.90. The van der Waals surface area contributed by atoms with E-state index in [1.165, 1.54) is 23.6 Å². The van der Waals surface area contributed by atoms with Crippen LogP contribution < -0.4 is 24.6 Å². The Bertz CT molecular complexity index is 1410. The predicted molar refractivity (Wildman–Crippen MR) is 141 cm³/mol. The number of esters is 1. The fraction of sp³-hybridized carbons (Fsp3) is 0.346. The van der Waals surface area contributed by atoms with Crippen molar-refractivity contribution in [1.29, 1.82) is 0 Å². The molecule has 37 heavy (non-hydrogen) atoms. The molecule has 1 aliphatic heterocycles. The third kappa shape index (κ3) is 5.08. The lowest BCUT2D eigenvalue weighted by atomic mass is 10.00. The first-order valence-electron chi connectivity index (χ1n) is 11.9. The maximum Gasteiger partial charge on any atom is 0.325 e. The van der Waals surface area contributed by atoms with Gasteiger partial charge in [-0.1, -0.05) is 49.3 Å². The molecule has 1 aliphatic rings. The molecule has 1 atom stereocenters. The summed E-state index contributed by atoms with van der Waals surface area (Å²) in [6, 6.07) is 10.3. The molecular formula is C26H28ClN4O5S+. The number of carbonyl (C=O) groups is 2. The number of anilines is 1. The van der Waals surface area contributed by atoms with Crippen LogP contribution in [-0.2, 0) is 9.59 Å². The lowest BCUT2D eigenvalue weighted by molar-refractivity contribution is -0.763. The lowest BCUT2D eigenvalue weighted by Gasteiger charge is -2.33. The van der Waals surface area contributed by atoms with Crippen LogP contribution in [0.4, 0.5) is 5.69 Å². The van der Waals surface area contributed by atoms with Crippen LogP contribution in [0.1, 0.15) is 51.3 Å². The molecule has 2 heterocycles. The number of ether oxygens (including phenoxy) is 2. The van der Waals surface area contributed by atoms with E-state index in [9.17, 15) is 14.4 Å². The summed E-state index contributed by atoms with van der Waals surface area (Å²) in [5.74, 6) is -0.294. The Kier molecular flexibility index (Phi) is 8.19. The van der Waals surface area contributed by atoms with Gasteiger partial charge in [0.1, 0.15) is 0 Å². The van der Waals surface area contributed by atoms with Gasteiger partial charge in [-0.15, -0.1) is 0 Å². The number of hydrogen-bond acceptors (Lipinski definition) is 7. The van der Waals surface area contributed by atoms with Crippen molar-refractivity contribution in [2.45, 2.75) is 50.9 Å². The fourth-order valence-electron chi connectivity index (χ4n) is 4.36. The third-order valence-corrected chi connectivity index (χ3v) is 6.69. The summed E-state index contributed by atoms with van der Waals surface area (Å²) in [6.07, 6.45) is 2.45. The Hall–Kier alpha value is -3.37. The number of amides is 1. The number of carbonyl (C=O) groups excluding carboxylic acids is 2. The SMILES string of the molecule is CCCC(=O)Oc1c(OC)cc(Cl)cc1[C@@H]1N(C(=O)CCC)c2ccccc2-c2c(=O)[nH]c(SC)n[n+]21. The van der Waals surface area contributed by atoms with Crippen molar-refractivity contribution in [1.82, 2.24) is 10.1 Å². The first kappa shape index (κ1) is 26.7. The molecule has 0 unspecified atom stereocenters. The van der Waals surface area contributed by atoms with E-state index in [0.29, 0.717) is 39.8 Å². The summed E-state index contributed by atoms with van der Waals surface area (Å²) in [5.41, 5.74) is 1.37. The van der Waals surface area contributed by atoms with E-state index >= 15 is 0 Å². The Labute approximate surface area is 223 Å². The molecular weight excluding hydrogens is 516 g/mol. The molecule has 0 spiro atoms. The van der Waals surface area contributed by atoms with Crippen molar-refractivity contribution in [3.8, 4) is 22.8 Å². The second-order valence-electron chi connectivity index (χ2n) is 8.41. The fourth-order valence-corrected chi connectivity index (χ4v) is 4.94. The first-order chi connectivity index (χ1) is 17.8. The molecule has 0 fully saturated rings. The Morgan fingerprint density at radius 1 is 1.19 bits per heavy atom. The maximum atomic E-state index is 13.7. The zero-order chi connectivity index (χ0) is 26.7. The number of thioether (sulfide) groups is 1. The van der Waals surface area contributed by atoms with E-state index in [1.54, 1.807) is 47.6 Å². The molecule has 194 valence electrons. The van der Waals surface area contributed by atoms with Crippen molar-refractivity contribution < 1.29 is 23.7 Å². The van der Waals surface area contributed by atoms with Crippen LogP contribution in [0, 0.1) is 0 Å². The molecule has 2 aromatic carbocycles. The number of nitrogens with one attached hydrogen (secondary N) is 1. The van der Waals surface area contributed by atoms with E-state index in [-0.39, 0.29) is 41.5 Å². The number of nitrogens with zero attached hydrogens (tertiary/aromatic N) is 3. The van der Waals surface area contributed by atoms with E-state index in [2.05, 4.69) is 10.1 Å². The summed E-state index contributed by atoms with van der Waals surface area (Å²) in [6.45, 7) is 3.79. The largest absolute Gasteiger partial charge is 0.493 e. The van der Waals surface area contributed by atoms with E-state index in [0.717, 1.165) is 0 Å². The number of benzene rings is 2. The van der Waals surface area contributed by atoms with Crippen molar-refractivity contribution in [3.05, 3.63) is 57.3 Å². The van der Waals surface area contributed by atoms with E-state index in [1.807, 2.05) is 13.8 Å². The summed E-state index contributed by atoms with van der Waals surface area (Å²) < 4.78 is 12.8. The standard InChI is InChI=1S/C26H27ClN4O5S/c1-5-9-20(32)30-18-12-8-7-11-16(18)22-24(34)28-26(37-4)29-31(22)25(30)17-13-15(27)14-19(35-3)23(17)36-21(33)10-6-2/h7-8,11-14,25H,5-6,9-10H2,1-4H3/p+1/t25-/m1/s1. The maximum absolute atomic E-state index is 13.7. The Morgan fingerprint density at radius 2 is 1.92 bits per heavy atom. The van der Waals surface area contributed by atoms with Gasteiger partial charge >= 0.3 is 17.2 Å². The van der Waals surface area contributed by atoms with Crippen molar-refractivity contribution in [3.63, 3.8) is 0 Å². The quantitative estimate of drug-likeness (QED) is 0.193. The van der Waals surface area contributed by atoms with Gasteiger partial charge in [-0.25, -0.2) is 4.90 Å². The van der Waals surface area contributed by atoms with Crippen LogP contribution in [0.15, 0.2) is 46.3 Å². The van der Waals surface area contributed by atoms with Crippen molar-refractivity contribution in [2.24, 2.45) is 0 Å². The molecule has 1 amide bonds. The molecule has 0 bridgehead atoms. The second kappa shape index (κ2) is 11.4. The van der Waals surface area contributed by atoms with Crippen LogP contribution in [-0.4, -0.2) is 35.3 Å². The van der Waals surface area contributed by atoms with Crippen LogP contribution in [0.25, 0.3) is 11.3 Å². The minimum atomic E-state index is -0.978. The summed E-state index contributed by atoms with van der Waals surface area (Å²) in [5, 5.41) is 5.36. The molecule has 1 aromatic heterocycles. The average molecular weight is 544 g/mol. The monoisotopic (exact) mass is 543 g/mol. The number of para-hydroxylation sites is 1. The highest BCUT2D eigenvalue weighted by molar-refractivity contribution is 7.98. The number of rotatable bonds is 8. The zero-order valence-electron chi connectivity index (χ0n) is 21.0. The number of aromatic nitrogens is 3. The van der Waals surface area contributed by atoms with Gasteiger partial charge in [-0.05, 0) is 42.0 Å². The van der Waals surface area contributed by atoms with Gasteiger partial charge in [-0.3, -0.25) is 19.4 Å². The summed E-state index contributed by atoms with van der Waals surface area (Å²) in [4.78, 5) is 44.1. The number of aromatic amines is 1. The van der Waals surface area contributed by atoms with Crippen molar-refractivity contribution in [2.75, 3.05) is 18.3 Å². The predicted octanol–water partition coefficient (Wildman–Crippen LogP) is 4.51. The van der Waals surface area contributed by atoms with Crippen LogP contribution in [0.3, 0.4) is 0 Å². The topological polar surface area (TPSA) is 105 Å². The van der Waals surface area contributed by atoms with Gasteiger partial charge in [0.15, 0.2) is 11.5 Å². The van der Waals surface area contributed by atoms with Gasteiger partial charge in [0.05, 0.1) is 23.9 Å². The number of halogens is 1. The van der Waals surface area contributed by atoms with Gasteiger partial charge in [0.25, 0.3) is 6.17 Å². The van der Waals surface area contributed by atoms with Gasteiger partial charge in [0.2, 0.25) is 11.1 Å². The normalized spacial score (nSPS) is 14.1. The Morgan fingerprint density at radius 3 is 2.59 bits per heavy atom. The molecule has 4 rings (SSSR count). The Balaban J connectivity index is 2.10. The number of hydrogen-bond donors (Lipinski definition) is 1. The summed E-state index contributed by atoms with van der Waals surface area (Å²) >= 11 is 7.76. The van der Waals surface area contributed by atoms with E-state index in [4.69, 9.17) is 21.1 Å². The van der Waals surface area contributed by atoms with Gasteiger partial charge < -0.3 is 9.47 Å². The molecule has 0 saturated carbocycles. The first-order valence-corrected chi connectivity index (χ1v) is 13.5. The highest BCUT2D eigenvalue weighted by Crippen LogP contribution is 2.44. The van der Waals surface area contributed by atoms with Crippen LogP contribution in [0.2, 0.25) is 5.02 Å². The second-order valence-corrected chi connectivity index (χ2v) is 9.64. The zero-order valence-corrected chi connectivity index (χ0v) is 22.6. The minimum Gasteiger partial charge on any atom is -0.493 e. The molecule has 1 N–H and O–H groups in total. The highest BCUT2D eigenvalue weighted by Gasteiger charge is 2.47. The lowest BCUT2D eigenvalue weighted by Crippen LogP contribution is -2.61. The molecule has 9 nitrogen and oxygen atoms in total.